The zero-order chi connectivity index (χ0) is 19.9. The molecule has 0 radical (unpaired) electrons. The van der Waals surface area contributed by atoms with Crippen LogP contribution >= 0.6 is 0 Å². The van der Waals surface area contributed by atoms with Crippen LogP contribution in [0.2, 0.25) is 0 Å². The number of halogens is 2. The standard InChI is InChI=1S/C22H36F2O3/c1-4-7-8-9-10-11-12-13-19(27-22(25-5-2)26-6-3)16-18-14-15-20(23)21(24)17-18/h14-15,17,19,22H,4-13,16H2,1-3H3. The van der Waals surface area contributed by atoms with Gasteiger partial charge in [-0.25, -0.2) is 8.78 Å². The quantitative estimate of drug-likeness (QED) is 0.243. The van der Waals surface area contributed by atoms with Crippen molar-refractivity contribution < 1.29 is 23.0 Å². The molecule has 0 aliphatic carbocycles. The summed E-state index contributed by atoms with van der Waals surface area (Å²) in [6.45, 7) is 6.24. The summed E-state index contributed by atoms with van der Waals surface area (Å²) in [6, 6.07) is 4.01. The molecule has 0 aliphatic rings. The maximum Gasteiger partial charge on any atom is 0.271 e. The third-order valence-corrected chi connectivity index (χ3v) is 4.49. The van der Waals surface area contributed by atoms with E-state index in [0.29, 0.717) is 25.2 Å². The van der Waals surface area contributed by atoms with Crippen LogP contribution in [-0.2, 0) is 20.6 Å². The molecule has 0 heterocycles. The molecule has 1 rings (SSSR count). The van der Waals surface area contributed by atoms with Gasteiger partial charge < -0.3 is 14.2 Å². The Morgan fingerprint density at radius 1 is 0.815 bits per heavy atom. The number of ether oxygens (including phenoxy) is 3. The molecule has 27 heavy (non-hydrogen) atoms. The lowest BCUT2D eigenvalue weighted by atomic mass is 10.0. The largest absolute Gasteiger partial charge is 0.330 e. The Morgan fingerprint density at radius 3 is 2.04 bits per heavy atom. The lowest BCUT2D eigenvalue weighted by Gasteiger charge is -2.24. The van der Waals surface area contributed by atoms with E-state index >= 15 is 0 Å². The van der Waals surface area contributed by atoms with E-state index in [4.69, 9.17) is 14.2 Å². The molecule has 0 amide bonds. The Morgan fingerprint density at radius 2 is 1.44 bits per heavy atom. The van der Waals surface area contributed by atoms with Crippen molar-refractivity contribution in [2.75, 3.05) is 13.2 Å². The summed E-state index contributed by atoms with van der Waals surface area (Å²) in [5, 5.41) is 0. The van der Waals surface area contributed by atoms with E-state index in [1.807, 2.05) is 13.8 Å². The third-order valence-electron chi connectivity index (χ3n) is 4.49. The SMILES string of the molecule is CCCCCCCCCC(Cc1ccc(F)c(F)c1)OC(OCC)OCC. The summed E-state index contributed by atoms with van der Waals surface area (Å²) in [4.78, 5) is 0. The highest BCUT2D eigenvalue weighted by Gasteiger charge is 2.18. The van der Waals surface area contributed by atoms with Gasteiger partial charge in [0.1, 0.15) is 0 Å². The normalized spacial score (nSPS) is 12.7. The van der Waals surface area contributed by atoms with E-state index in [9.17, 15) is 8.78 Å². The van der Waals surface area contributed by atoms with E-state index in [2.05, 4.69) is 6.92 Å². The number of rotatable bonds is 16. The van der Waals surface area contributed by atoms with Gasteiger partial charge in [-0.15, -0.1) is 0 Å². The first-order valence-corrected chi connectivity index (χ1v) is 10.4. The lowest BCUT2D eigenvalue weighted by Crippen LogP contribution is -2.29. The summed E-state index contributed by atoms with van der Waals surface area (Å²) >= 11 is 0. The molecule has 1 atom stereocenters. The fourth-order valence-corrected chi connectivity index (χ4v) is 3.03. The highest BCUT2D eigenvalue weighted by atomic mass is 19.2. The second-order valence-electron chi connectivity index (χ2n) is 6.82. The van der Waals surface area contributed by atoms with Gasteiger partial charge in [0.05, 0.1) is 6.10 Å². The average Bonchev–Trinajstić information content (AvgIpc) is 2.64. The van der Waals surface area contributed by atoms with Gasteiger partial charge in [0.15, 0.2) is 11.6 Å². The van der Waals surface area contributed by atoms with Crippen LogP contribution in [0.4, 0.5) is 8.78 Å². The fraction of sp³-hybridized carbons (Fsp3) is 0.727. The Balaban J connectivity index is 2.57. The predicted molar refractivity (Wildman–Crippen MR) is 105 cm³/mol. The molecule has 1 aromatic carbocycles. The van der Waals surface area contributed by atoms with Crippen LogP contribution in [0.1, 0.15) is 77.7 Å². The first-order chi connectivity index (χ1) is 13.1. The highest BCUT2D eigenvalue weighted by molar-refractivity contribution is 5.18. The molecule has 0 fully saturated rings. The molecule has 0 N–H and O–H groups in total. The Hall–Kier alpha value is -1.04. The van der Waals surface area contributed by atoms with Crippen molar-refractivity contribution in [2.45, 2.75) is 91.1 Å². The molecular formula is C22H36F2O3. The molecular weight excluding hydrogens is 350 g/mol. The van der Waals surface area contributed by atoms with E-state index in [1.54, 1.807) is 6.07 Å². The van der Waals surface area contributed by atoms with Crippen molar-refractivity contribution in [1.82, 2.24) is 0 Å². The summed E-state index contributed by atoms with van der Waals surface area (Å²) in [7, 11) is 0. The van der Waals surface area contributed by atoms with Crippen LogP contribution in [0.25, 0.3) is 0 Å². The van der Waals surface area contributed by atoms with E-state index < -0.39 is 18.1 Å². The highest BCUT2D eigenvalue weighted by Crippen LogP contribution is 2.19. The monoisotopic (exact) mass is 386 g/mol. The fourth-order valence-electron chi connectivity index (χ4n) is 3.03. The van der Waals surface area contributed by atoms with Crippen molar-refractivity contribution in [3.05, 3.63) is 35.4 Å². The van der Waals surface area contributed by atoms with Crippen molar-refractivity contribution in [3.8, 4) is 0 Å². The van der Waals surface area contributed by atoms with Gasteiger partial charge >= 0.3 is 0 Å². The van der Waals surface area contributed by atoms with E-state index in [-0.39, 0.29) is 6.10 Å². The molecule has 0 saturated heterocycles. The molecule has 156 valence electrons. The first kappa shape index (κ1) is 24.0. The maximum atomic E-state index is 13.5. The molecule has 0 bridgehead atoms. The predicted octanol–water partition coefficient (Wildman–Crippen LogP) is 6.39. The van der Waals surface area contributed by atoms with Gasteiger partial charge in [0.2, 0.25) is 0 Å². The minimum atomic E-state index is -0.829. The summed E-state index contributed by atoms with van der Waals surface area (Å²) < 4.78 is 43.7. The van der Waals surface area contributed by atoms with Crippen LogP contribution in [0.5, 0.6) is 0 Å². The molecule has 0 spiro atoms. The van der Waals surface area contributed by atoms with Crippen molar-refractivity contribution in [2.24, 2.45) is 0 Å². The lowest BCUT2D eigenvalue weighted by molar-refractivity contribution is -0.301. The van der Waals surface area contributed by atoms with Gasteiger partial charge in [-0.3, -0.25) is 0 Å². The summed E-state index contributed by atoms with van der Waals surface area (Å²) in [6.07, 6.45) is 9.69. The third kappa shape index (κ3) is 10.8. The molecule has 0 saturated carbocycles. The van der Waals surface area contributed by atoms with Gasteiger partial charge in [-0.2, -0.15) is 0 Å². The van der Waals surface area contributed by atoms with Gasteiger partial charge in [-0.1, -0.05) is 57.9 Å². The topological polar surface area (TPSA) is 27.7 Å². The van der Waals surface area contributed by atoms with Crippen LogP contribution in [0, 0.1) is 11.6 Å². The van der Waals surface area contributed by atoms with Crippen molar-refractivity contribution >= 4 is 0 Å². The number of hydrogen-bond acceptors (Lipinski definition) is 3. The zero-order valence-electron chi connectivity index (χ0n) is 17.1. The number of hydrogen-bond donors (Lipinski definition) is 0. The second-order valence-corrected chi connectivity index (χ2v) is 6.82. The average molecular weight is 387 g/mol. The van der Waals surface area contributed by atoms with Crippen LogP contribution in [-0.4, -0.2) is 25.8 Å². The summed E-state index contributed by atoms with van der Waals surface area (Å²) in [5.41, 5.74) is 0.716. The number of benzene rings is 1. The Kier molecular flexibility index (Phi) is 13.3. The van der Waals surface area contributed by atoms with Gasteiger partial charge in [-0.05, 0) is 44.4 Å². The second kappa shape index (κ2) is 14.9. The summed E-state index contributed by atoms with van der Waals surface area (Å²) in [5.74, 6) is -1.65. The first-order valence-electron chi connectivity index (χ1n) is 10.4. The van der Waals surface area contributed by atoms with Crippen LogP contribution in [0.3, 0.4) is 0 Å². The molecule has 1 unspecified atom stereocenters. The number of unbranched alkanes of at least 4 members (excludes halogenated alkanes) is 6. The van der Waals surface area contributed by atoms with E-state index in [0.717, 1.165) is 25.3 Å². The molecule has 1 aromatic rings. The maximum absolute atomic E-state index is 13.5. The Bertz CT molecular complexity index is 490. The molecule has 0 aromatic heterocycles. The van der Waals surface area contributed by atoms with Crippen molar-refractivity contribution in [1.29, 1.82) is 0 Å². The smallest absolute Gasteiger partial charge is 0.271 e. The molecule has 3 nitrogen and oxygen atoms in total. The molecule has 0 aliphatic heterocycles. The minimum absolute atomic E-state index is 0.159. The van der Waals surface area contributed by atoms with Crippen LogP contribution < -0.4 is 0 Å². The Labute approximate surface area is 163 Å². The van der Waals surface area contributed by atoms with Gasteiger partial charge in [0, 0.05) is 13.2 Å². The van der Waals surface area contributed by atoms with Crippen molar-refractivity contribution in [3.63, 3.8) is 0 Å². The minimum Gasteiger partial charge on any atom is -0.330 e. The zero-order valence-corrected chi connectivity index (χ0v) is 17.1. The molecule has 5 heteroatoms. The van der Waals surface area contributed by atoms with Crippen LogP contribution in [0.15, 0.2) is 18.2 Å². The van der Waals surface area contributed by atoms with Gasteiger partial charge in [0.25, 0.3) is 6.48 Å². The van der Waals surface area contributed by atoms with E-state index in [1.165, 1.54) is 38.2 Å².